The largest absolute Gasteiger partial charge is 0.326 e. The fourth-order valence-electron chi connectivity index (χ4n) is 1.98. The lowest BCUT2D eigenvalue weighted by atomic mass is 10.1. The highest BCUT2D eigenvalue weighted by Gasteiger charge is 2.11. The maximum absolute atomic E-state index is 12.1. The van der Waals surface area contributed by atoms with Crippen LogP contribution in [-0.4, -0.2) is 17.7 Å². The number of halogens is 1. The van der Waals surface area contributed by atoms with Crippen LogP contribution in [0, 0.1) is 16.4 Å². The van der Waals surface area contributed by atoms with Gasteiger partial charge in [0.15, 0.2) is 0 Å². The Labute approximate surface area is 165 Å². The highest BCUT2D eigenvalue weighted by atomic mass is 127. The molecule has 0 aliphatic rings. The van der Waals surface area contributed by atoms with Gasteiger partial charge in [0.05, 0.1) is 0 Å². The summed E-state index contributed by atoms with van der Waals surface area (Å²) in [7, 11) is 0. The van der Waals surface area contributed by atoms with Crippen LogP contribution in [0.15, 0.2) is 42.5 Å². The fourth-order valence-corrected chi connectivity index (χ4v) is 2.50. The average Bonchev–Trinajstić information content (AvgIpc) is 2.62. The van der Waals surface area contributed by atoms with Crippen molar-refractivity contribution in [3.8, 4) is 0 Å². The number of hydrazine groups is 1. The molecule has 0 bridgehead atoms. The minimum atomic E-state index is -0.443. The van der Waals surface area contributed by atoms with Crippen LogP contribution in [0.4, 0.5) is 5.69 Å². The number of hydrogen-bond donors (Lipinski definition) is 3. The summed E-state index contributed by atoms with van der Waals surface area (Å²) in [6.45, 7) is 5.56. The molecule has 0 aliphatic heterocycles. The van der Waals surface area contributed by atoms with Gasteiger partial charge in [-0.25, -0.2) is 0 Å². The first-order valence-electron chi connectivity index (χ1n) is 8.05. The first-order valence-corrected chi connectivity index (χ1v) is 9.13. The van der Waals surface area contributed by atoms with Crippen molar-refractivity contribution < 1.29 is 14.4 Å². The molecule has 7 heteroatoms. The number of carbonyl (C=O) groups is 3. The van der Waals surface area contributed by atoms with Gasteiger partial charge in [-0.15, -0.1) is 0 Å². The van der Waals surface area contributed by atoms with Crippen LogP contribution >= 0.6 is 22.6 Å². The summed E-state index contributed by atoms with van der Waals surface area (Å²) in [5.41, 5.74) is 7.30. The number of anilines is 1. The monoisotopic (exact) mass is 465 g/mol. The van der Waals surface area contributed by atoms with Crippen LogP contribution in [0.1, 0.15) is 40.1 Å². The molecule has 0 aromatic heterocycles. The second-order valence-corrected chi connectivity index (χ2v) is 7.26. The molecule has 3 N–H and O–H groups in total. The van der Waals surface area contributed by atoms with Crippen molar-refractivity contribution in [1.82, 2.24) is 10.9 Å². The second-order valence-electron chi connectivity index (χ2n) is 6.09. The molecule has 2 aromatic rings. The van der Waals surface area contributed by atoms with E-state index >= 15 is 0 Å². The molecule has 26 heavy (non-hydrogen) atoms. The number of rotatable bonds is 4. The van der Waals surface area contributed by atoms with Crippen LogP contribution < -0.4 is 16.2 Å². The molecule has 2 rings (SSSR count). The Morgan fingerprint density at radius 1 is 0.885 bits per heavy atom. The molecule has 0 fully saturated rings. The van der Waals surface area contributed by atoms with E-state index in [0.29, 0.717) is 16.8 Å². The van der Waals surface area contributed by atoms with Crippen LogP contribution in [-0.2, 0) is 4.79 Å². The molecule has 136 valence electrons. The molecule has 0 heterocycles. The van der Waals surface area contributed by atoms with Crippen molar-refractivity contribution in [3.05, 3.63) is 62.7 Å². The number of nitrogens with one attached hydrogen (secondary N) is 3. The van der Waals surface area contributed by atoms with Gasteiger partial charge < -0.3 is 5.32 Å². The van der Waals surface area contributed by atoms with E-state index in [9.17, 15) is 14.4 Å². The number of amides is 3. The number of hydrogen-bond acceptors (Lipinski definition) is 3. The van der Waals surface area contributed by atoms with E-state index in [1.54, 1.807) is 50.2 Å². The maximum atomic E-state index is 12.1. The topological polar surface area (TPSA) is 87.3 Å². The third-order valence-corrected chi connectivity index (χ3v) is 4.82. The van der Waals surface area contributed by atoms with E-state index in [1.807, 2.05) is 13.0 Å². The normalized spacial score (nSPS) is 10.3. The highest BCUT2D eigenvalue weighted by Crippen LogP contribution is 2.13. The van der Waals surface area contributed by atoms with Crippen molar-refractivity contribution in [1.29, 1.82) is 0 Å². The molecule has 0 atom stereocenters. The van der Waals surface area contributed by atoms with E-state index in [1.165, 1.54) is 0 Å². The summed E-state index contributed by atoms with van der Waals surface area (Å²) < 4.78 is 0.973. The van der Waals surface area contributed by atoms with Crippen molar-refractivity contribution in [2.75, 3.05) is 5.32 Å². The highest BCUT2D eigenvalue weighted by molar-refractivity contribution is 14.1. The zero-order valence-electron chi connectivity index (χ0n) is 14.7. The first kappa shape index (κ1) is 19.9. The molecular formula is C19H20IN3O3. The Balaban J connectivity index is 1.94. The number of aryl methyl sites for hydroxylation is 1. The van der Waals surface area contributed by atoms with E-state index < -0.39 is 11.8 Å². The zero-order valence-corrected chi connectivity index (χ0v) is 16.9. The minimum Gasteiger partial charge on any atom is -0.326 e. The summed E-state index contributed by atoms with van der Waals surface area (Å²) in [6, 6.07) is 11.7. The van der Waals surface area contributed by atoms with Gasteiger partial charge in [0.25, 0.3) is 11.8 Å². The van der Waals surface area contributed by atoms with Crippen molar-refractivity contribution in [2.24, 2.45) is 5.92 Å². The molecule has 6 nitrogen and oxygen atoms in total. The Bertz CT molecular complexity index is 832. The Kier molecular flexibility index (Phi) is 6.73. The second kappa shape index (κ2) is 8.79. The minimum absolute atomic E-state index is 0.0952. The number of carbonyl (C=O) groups excluding carboxylic acids is 3. The third-order valence-electron chi connectivity index (χ3n) is 3.66. The Morgan fingerprint density at radius 3 is 1.96 bits per heavy atom. The molecule has 0 unspecified atom stereocenters. The average molecular weight is 465 g/mol. The van der Waals surface area contributed by atoms with Crippen LogP contribution in [0.3, 0.4) is 0 Å². The van der Waals surface area contributed by atoms with Gasteiger partial charge in [0, 0.05) is 26.3 Å². The third kappa shape index (κ3) is 5.29. The molecule has 0 radical (unpaired) electrons. The molecule has 0 saturated carbocycles. The zero-order chi connectivity index (χ0) is 19.3. The first-order chi connectivity index (χ1) is 12.3. The van der Waals surface area contributed by atoms with Crippen LogP contribution in [0.2, 0.25) is 0 Å². The summed E-state index contributed by atoms with van der Waals surface area (Å²) in [5.74, 6) is -1.06. The molecule has 3 amide bonds. The van der Waals surface area contributed by atoms with Crippen molar-refractivity contribution >= 4 is 46.0 Å². The molecule has 0 aliphatic carbocycles. The molecule has 0 saturated heterocycles. The smallest absolute Gasteiger partial charge is 0.269 e. The summed E-state index contributed by atoms with van der Waals surface area (Å²) in [4.78, 5) is 35.9. The van der Waals surface area contributed by atoms with E-state index in [-0.39, 0.29) is 11.8 Å². The Hall–Kier alpha value is -2.42. The standard InChI is InChI=1S/C19H20IN3O3/c1-11(2)17(24)21-15-8-6-13(7-9-15)18(25)22-23-19(26)14-5-4-12(3)16(20)10-14/h4-11H,1-3H3,(H,21,24)(H,22,25)(H,23,26). The lowest BCUT2D eigenvalue weighted by molar-refractivity contribution is -0.118. The lowest BCUT2D eigenvalue weighted by Gasteiger charge is -2.10. The van der Waals surface area contributed by atoms with E-state index in [0.717, 1.165) is 9.13 Å². The van der Waals surface area contributed by atoms with Crippen molar-refractivity contribution in [3.63, 3.8) is 0 Å². The van der Waals surface area contributed by atoms with Gasteiger partial charge in [0.1, 0.15) is 0 Å². The van der Waals surface area contributed by atoms with Gasteiger partial charge in [0.2, 0.25) is 5.91 Å². The van der Waals surface area contributed by atoms with Gasteiger partial charge in [-0.2, -0.15) is 0 Å². The van der Waals surface area contributed by atoms with Gasteiger partial charge in [-0.1, -0.05) is 19.9 Å². The summed E-state index contributed by atoms with van der Waals surface area (Å²) >= 11 is 2.15. The maximum Gasteiger partial charge on any atom is 0.269 e. The van der Waals surface area contributed by atoms with Gasteiger partial charge >= 0.3 is 0 Å². The Morgan fingerprint density at radius 2 is 1.42 bits per heavy atom. The summed E-state index contributed by atoms with van der Waals surface area (Å²) in [5, 5.41) is 2.75. The quantitative estimate of drug-likeness (QED) is 0.479. The fraction of sp³-hybridized carbons (Fsp3) is 0.211. The molecule has 0 spiro atoms. The molecule has 2 aromatic carbocycles. The van der Waals surface area contributed by atoms with Crippen LogP contribution in [0.25, 0.3) is 0 Å². The van der Waals surface area contributed by atoms with E-state index in [4.69, 9.17) is 0 Å². The van der Waals surface area contributed by atoms with Gasteiger partial charge in [-0.05, 0) is 71.5 Å². The summed E-state index contributed by atoms with van der Waals surface area (Å²) in [6.07, 6.45) is 0. The SMILES string of the molecule is Cc1ccc(C(=O)NNC(=O)c2ccc(NC(=O)C(C)C)cc2)cc1I. The predicted molar refractivity (Wildman–Crippen MR) is 109 cm³/mol. The predicted octanol–water partition coefficient (Wildman–Crippen LogP) is 3.27. The van der Waals surface area contributed by atoms with E-state index in [2.05, 4.69) is 38.8 Å². The van der Waals surface area contributed by atoms with Crippen LogP contribution in [0.5, 0.6) is 0 Å². The number of benzene rings is 2. The van der Waals surface area contributed by atoms with Gasteiger partial charge in [-0.3, -0.25) is 25.2 Å². The molecular weight excluding hydrogens is 445 g/mol. The lowest BCUT2D eigenvalue weighted by Crippen LogP contribution is -2.41. The van der Waals surface area contributed by atoms with Crippen molar-refractivity contribution in [2.45, 2.75) is 20.8 Å².